The molecular weight excluding hydrogens is 116 g/mol. The lowest BCUT2D eigenvalue weighted by molar-refractivity contribution is 0.503. The lowest BCUT2D eigenvalue weighted by Crippen LogP contribution is -1.58. The first kappa shape index (κ1) is 7.44. The summed E-state index contributed by atoms with van der Waals surface area (Å²) in [4.78, 5) is 3.78. The number of pyridine rings is 1. The molecule has 1 heterocycles. The largest absolute Gasteiger partial charge is 0.443 e. The van der Waals surface area contributed by atoms with Gasteiger partial charge >= 0.3 is 0 Å². The molecule has 0 spiro atoms. The minimum absolute atomic E-state index is 0.750. The first-order chi connectivity index (χ1) is 4.41. The van der Waals surface area contributed by atoms with Crippen molar-refractivity contribution in [1.29, 1.82) is 5.26 Å². The molecule has 0 unspecified atom stereocenters. The van der Waals surface area contributed by atoms with Crippen molar-refractivity contribution in [3.63, 3.8) is 0 Å². The van der Waals surface area contributed by atoms with Crippen molar-refractivity contribution >= 4 is 0 Å². The monoisotopic (exact) mass is 122 g/mol. The molecule has 1 N–H and O–H groups in total. The van der Waals surface area contributed by atoms with Gasteiger partial charge in [-0.15, -0.1) is 0 Å². The molecule has 0 aromatic carbocycles. The maximum Gasteiger partial charge on any atom is 0.283 e. The Hall–Kier alpha value is -1.56. The number of hydrogen-bond acceptors (Lipinski definition) is 3. The highest BCUT2D eigenvalue weighted by molar-refractivity contribution is 4.88. The summed E-state index contributed by atoms with van der Waals surface area (Å²) in [5, 5.41) is 13.8. The molecule has 0 aliphatic heterocycles. The Kier molecular flexibility index (Phi) is 5.32. The van der Waals surface area contributed by atoms with Crippen molar-refractivity contribution in [2.24, 2.45) is 0 Å². The molecule has 1 rings (SSSR count). The molecule has 0 aliphatic carbocycles. The highest BCUT2D eigenvalue weighted by Crippen LogP contribution is 1.73. The van der Waals surface area contributed by atoms with Gasteiger partial charge in [-0.3, -0.25) is 4.98 Å². The van der Waals surface area contributed by atoms with E-state index in [1.165, 1.54) is 0 Å². The van der Waals surface area contributed by atoms with E-state index >= 15 is 0 Å². The molecule has 0 bridgehead atoms. The Morgan fingerprint density at radius 1 is 1.22 bits per heavy atom. The number of aromatic nitrogens is 1. The summed E-state index contributed by atoms with van der Waals surface area (Å²) in [6.45, 7) is 0. The van der Waals surface area contributed by atoms with E-state index in [0.29, 0.717) is 0 Å². The van der Waals surface area contributed by atoms with Crippen molar-refractivity contribution in [1.82, 2.24) is 4.98 Å². The molecule has 3 heteroatoms. The molecule has 0 fully saturated rings. The van der Waals surface area contributed by atoms with Crippen LogP contribution in [0.2, 0.25) is 0 Å². The zero-order valence-corrected chi connectivity index (χ0v) is 4.73. The van der Waals surface area contributed by atoms with E-state index in [2.05, 4.69) is 4.98 Å². The van der Waals surface area contributed by atoms with Crippen LogP contribution in [0.4, 0.5) is 0 Å². The van der Waals surface area contributed by atoms with Crippen molar-refractivity contribution in [2.45, 2.75) is 0 Å². The summed E-state index contributed by atoms with van der Waals surface area (Å²) in [6.07, 6.45) is 4.25. The van der Waals surface area contributed by atoms with Gasteiger partial charge in [-0.2, -0.15) is 5.26 Å². The van der Waals surface area contributed by atoms with Crippen LogP contribution in [0.3, 0.4) is 0 Å². The summed E-state index contributed by atoms with van der Waals surface area (Å²) in [5.41, 5.74) is 0. The third-order valence-electron chi connectivity index (χ3n) is 0.566. The van der Waals surface area contributed by atoms with Gasteiger partial charge in [0, 0.05) is 12.4 Å². The molecule has 0 amide bonds. The van der Waals surface area contributed by atoms with Crippen molar-refractivity contribution in [3.05, 3.63) is 30.6 Å². The lowest BCUT2D eigenvalue weighted by Gasteiger charge is -1.70. The summed E-state index contributed by atoms with van der Waals surface area (Å²) in [6, 6.07) is 5.72. The number of hydrogen-bond donors (Lipinski definition) is 1. The molecule has 0 radical (unpaired) electrons. The zero-order chi connectivity index (χ0) is 6.95. The number of aliphatic hydroxyl groups is 1. The number of rotatable bonds is 0. The summed E-state index contributed by atoms with van der Waals surface area (Å²) in [5.74, 6) is 0. The first-order valence-electron chi connectivity index (χ1n) is 2.30. The predicted molar refractivity (Wildman–Crippen MR) is 31.8 cm³/mol. The van der Waals surface area contributed by atoms with Crippen LogP contribution in [0.1, 0.15) is 0 Å². The molecule has 0 saturated carbocycles. The molecule has 0 atom stereocenters. The van der Waals surface area contributed by atoms with Gasteiger partial charge in [0.05, 0.1) is 0 Å². The van der Waals surface area contributed by atoms with Crippen molar-refractivity contribution < 1.29 is 5.11 Å². The minimum Gasteiger partial charge on any atom is -0.443 e. The Balaban J connectivity index is 0.000000187. The standard InChI is InChI=1S/C5H5N.CHNO/c1-2-4-6-5-3-1;2-1-3/h1-5H;3H. The smallest absolute Gasteiger partial charge is 0.283 e. The van der Waals surface area contributed by atoms with E-state index in [1.807, 2.05) is 18.2 Å². The minimum atomic E-state index is 0.750. The third kappa shape index (κ3) is 6.44. The SMILES string of the molecule is N#CO.c1ccncc1. The van der Waals surface area contributed by atoms with Crippen LogP contribution in [-0.2, 0) is 0 Å². The highest BCUT2D eigenvalue weighted by Gasteiger charge is 1.58. The number of aliphatic hydroxyl groups excluding tert-OH is 1. The maximum absolute atomic E-state index is 6.88. The van der Waals surface area contributed by atoms with Gasteiger partial charge in [-0.1, -0.05) is 6.07 Å². The van der Waals surface area contributed by atoms with E-state index in [4.69, 9.17) is 10.4 Å². The summed E-state index contributed by atoms with van der Waals surface area (Å²) < 4.78 is 0. The topological polar surface area (TPSA) is 56.9 Å². The van der Waals surface area contributed by atoms with Crippen molar-refractivity contribution in [2.75, 3.05) is 0 Å². The first-order valence-corrected chi connectivity index (χ1v) is 2.30. The number of nitrogens with zero attached hydrogens (tertiary/aromatic N) is 2. The Morgan fingerprint density at radius 3 is 1.78 bits per heavy atom. The molecule has 3 nitrogen and oxygen atoms in total. The van der Waals surface area contributed by atoms with Gasteiger partial charge in [0.2, 0.25) is 0 Å². The molecule has 0 saturated heterocycles. The molecule has 1 aromatic rings. The van der Waals surface area contributed by atoms with Crippen LogP contribution in [0.25, 0.3) is 0 Å². The predicted octanol–water partition coefficient (Wildman–Crippen LogP) is 0.922. The Morgan fingerprint density at radius 2 is 1.67 bits per heavy atom. The van der Waals surface area contributed by atoms with Crippen LogP contribution in [0.15, 0.2) is 30.6 Å². The summed E-state index contributed by atoms with van der Waals surface area (Å²) >= 11 is 0. The van der Waals surface area contributed by atoms with Crippen LogP contribution in [0.5, 0.6) is 0 Å². The second kappa shape index (κ2) is 6.44. The third-order valence-corrected chi connectivity index (χ3v) is 0.566. The van der Waals surface area contributed by atoms with Gasteiger partial charge in [0.25, 0.3) is 6.26 Å². The van der Waals surface area contributed by atoms with Gasteiger partial charge in [0.15, 0.2) is 0 Å². The zero-order valence-electron chi connectivity index (χ0n) is 4.73. The molecule has 1 aromatic heterocycles. The van der Waals surface area contributed by atoms with E-state index in [1.54, 1.807) is 12.4 Å². The molecular formula is C6H6N2O. The second-order valence-electron chi connectivity index (χ2n) is 1.12. The number of nitriles is 1. The van der Waals surface area contributed by atoms with Crippen LogP contribution in [0, 0.1) is 11.5 Å². The average Bonchev–Trinajstić information content (AvgIpc) is 1.93. The van der Waals surface area contributed by atoms with Crippen LogP contribution < -0.4 is 0 Å². The average molecular weight is 122 g/mol. The maximum atomic E-state index is 6.88. The van der Waals surface area contributed by atoms with Gasteiger partial charge < -0.3 is 5.11 Å². The lowest BCUT2D eigenvalue weighted by atomic mass is 10.5. The normalized spacial score (nSPS) is 6.11. The van der Waals surface area contributed by atoms with Gasteiger partial charge in [0.1, 0.15) is 0 Å². The van der Waals surface area contributed by atoms with E-state index in [-0.39, 0.29) is 0 Å². The van der Waals surface area contributed by atoms with Crippen molar-refractivity contribution in [3.8, 4) is 6.26 Å². The quantitative estimate of drug-likeness (QED) is 0.520. The Labute approximate surface area is 53.2 Å². The van der Waals surface area contributed by atoms with Gasteiger partial charge in [-0.05, 0) is 12.1 Å². The second-order valence-corrected chi connectivity index (χ2v) is 1.12. The van der Waals surface area contributed by atoms with E-state index < -0.39 is 0 Å². The fourth-order valence-corrected chi connectivity index (χ4v) is 0.313. The van der Waals surface area contributed by atoms with Crippen LogP contribution in [-0.4, -0.2) is 10.1 Å². The fourth-order valence-electron chi connectivity index (χ4n) is 0.313. The van der Waals surface area contributed by atoms with E-state index in [9.17, 15) is 0 Å². The molecule has 0 aliphatic rings. The molecule has 9 heavy (non-hydrogen) atoms. The summed E-state index contributed by atoms with van der Waals surface area (Å²) in [7, 11) is 0. The van der Waals surface area contributed by atoms with Crippen LogP contribution >= 0.6 is 0 Å². The van der Waals surface area contributed by atoms with E-state index in [0.717, 1.165) is 6.26 Å². The Bertz CT molecular complexity index is 141. The highest BCUT2D eigenvalue weighted by atomic mass is 16.2. The molecule has 46 valence electrons. The van der Waals surface area contributed by atoms with Gasteiger partial charge in [-0.25, -0.2) is 0 Å². The fraction of sp³-hybridized carbons (Fsp3) is 0.